The maximum atomic E-state index is 9.58. The van der Waals surface area contributed by atoms with E-state index in [1.54, 1.807) is 11.3 Å². The van der Waals surface area contributed by atoms with Crippen molar-refractivity contribution in [3.8, 4) is 11.3 Å². The zero-order valence-corrected chi connectivity index (χ0v) is 13.0. The molecule has 108 valence electrons. The van der Waals surface area contributed by atoms with Crippen molar-refractivity contribution in [2.45, 2.75) is 33.3 Å². The molecular formula is C16H22N2OS. The van der Waals surface area contributed by atoms with E-state index in [1.807, 2.05) is 30.3 Å². The van der Waals surface area contributed by atoms with Crippen LogP contribution in [0.15, 0.2) is 30.3 Å². The minimum atomic E-state index is 0.0488. The van der Waals surface area contributed by atoms with Crippen molar-refractivity contribution >= 4 is 16.5 Å². The van der Waals surface area contributed by atoms with Crippen LogP contribution >= 0.6 is 11.3 Å². The summed E-state index contributed by atoms with van der Waals surface area (Å²) in [7, 11) is 0. The number of benzene rings is 1. The number of hydrogen-bond donors (Lipinski definition) is 1. The molecular weight excluding hydrogens is 268 g/mol. The van der Waals surface area contributed by atoms with Crippen LogP contribution < -0.4 is 4.90 Å². The topological polar surface area (TPSA) is 36.4 Å². The second kappa shape index (κ2) is 7.41. The van der Waals surface area contributed by atoms with Gasteiger partial charge in [0.05, 0.1) is 17.2 Å². The van der Waals surface area contributed by atoms with Crippen molar-refractivity contribution in [1.29, 1.82) is 0 Å². The Morgan fingerprint density at radius 1 is 1.20 bits per heavy atom. The first kappa shape index (κ1) is 15.0. The van der Waals surface area contributed by atoms with Gasteiger partial charge in [-0.2, -0.15) is 0 Å². The summed E-state index contributed by atoms with van der Waals surface area (Å²) in [5, 5.41) is 10.6. The van der Waals surface area contributed by atoms with Gasteiger partial charge in [0.25, 0.3) is 0 Å². The highest BCUT2D eigenvalue weighted by molar-refractivity contribution is 7.16. The van der Waals surface area contributed by atoms with Crippen LogP contribution in [0.1, 0.15) is 31.6 Å². The normalized spacial score (nSPS) is 10.8. The number of aromatic nitrogens is 1. The number of aliphatic hydroxyl groups is 1. The number of thiazole rings is 1. The summed E-state index contributed by atoms with van der Waals surface area (Å²) in [6.45, 7) is 6.38. The molecule has 0 fully saturated rings. The molecule has 0 radical (unpaired) electrons. The second-order valence-corrected chi connectivity index (χ2v) is 5.79. The summed E-state index contributed by atoms with van der Waals surface area (Å²) in [6, 6.07) is 10.1. The number of aliphatic hydroxyl groups excluding tert-OH is 1. The molecule has 2 rings (SSSR count). The van der Waals surface area contributed by atoms with Crippen LogP contribution in [0, 0.1) is 0 Å². The maximum absolute atomic E-state index is 9.58. The Morgan fingerprint density at radius 3 is 2.55 bits per heavy atom. The lowest BCUT2D eigenvalue weighted by Crippen LogP contribution is -2.23. The molecule has 1 N–H and O–H groups in total. The van der Waals surface area contributed by atoms with E-state index in [0.717, 1.165) is 34.4 Å². The Labute approximate surface area is 124 Å². The summed E-state index contributed by atoms with van der Waals surface area (Å²) in [4.78, 5) is 8.00. The molecule has 2 aromatic rings. The lowest BCUT2D eigenvalue weighted by atomic mass is 10.1. The molecule has 1 aromatic carbocycles. The van der Waals surface area contributed by atoms with Gasteiger partial charge in [-0.15, -0.1) is 0 Å². The Bertz CT molecular complexity index is 525. The van der Waals surface area contributed by atoms with Gasteiger partial charge in [-0.25, -0.2) is 4.98 Å². The van der Waals surface area contributed by atoms with E-state index in [0.29, 0.717) is 0 Å². The number of rotatable bonds is 7. The Kier molecular flexibility index (Phi) is 5.56. The third kappa shape index (κ3) is 3.38. The lowest BCUT2D eigenvalue weighted by Gasteiger charge is -2.19. The fourth-order valence-electron chi connectivity index (χ4n) is 2.14. The highest BCUT2D eigenvalue weighted by atomic mass is 32.1. The van der Waals surface area contributed by atoms with Crippen LogP contribution in [0.5, 0.6) is 0 Å². The second-order valence-electron chi connectivity index (χ2n) is 4.73. The summed E-state index contributed by atoms with van der Waals surface area (Å²) in [5.74, 6) is 0. The third-order valence-corrected chi connectivity index (χ3v) is 4.41. The largest absolute Gasteiger partial charge is 0.391 e. The minimum Gasteiger partial charge on any atom is -0.391 e. The predicted molar refractivity (Wildman–Crippen MR) is 86.3 cm³/mol. The Balaban J connectivity index is 2.30. The zero-order valence-electron chi connectivity index (χ0n) is 12.2. The van der Waals surface area contributed by atoms with E-state index >= 15 is 0 Å². The van der Waals surface area contributed by atoms with Crippen molar-refractivity contribution in [1.82, 2.24) is 4.98 Å². The highest BCUT2D eigenvalue weighted by Gasteiger charge is 2.15. The number of anilines is 1. The molecule has 0 unspecified atom stereocenters. The van der Waals surface area contributed by atoms with Crippen molar-refractivity contribution in [2.24, 2.45) is 0 Å². The van der Waals surface area contributed by atoms with Crippen LogP contribution in [0.4, 0.5) is 5.13 Å². The molecule has 4 heteroatoms. The summed E-state index contributed by atoms with van der Waals surface area (Å²) in [5.41, 5.74) is 1.99. The molecule has 0 saturated carbocycles. The van der Waals surface area contributed by atoms with E-state index in [-0.39, 0.29) is 6.61 Å². The first-order valence-corrected chi connectivity index (χ1v) is 8.02. The van der Waals surface area contributed by atoms with Crippen LogP contribution in [-0.2, 0) is 6.61 Å². The van der Waals surface area contributed by atoms with Gasteiger partial charge in [-0.1, -0.05) is 55.0 Å². The van der Waals surface area contributed by atoms with E-state index in [1.165, 1.54) is 12.8 Å². The SMILES string of the molecule is CCCCN(CC)c1nc(-c2ccccc2)c(CO)s1. The first-order valence-electron chi connectivity index (χ1n) is 7.21. The summed E-state index contributed by atoms with van der Waals surface area (Å²) in [6.07, 6.45) is 2.35. The van der Waals surface area contributed by atoms with Crippen molar-refractivity contribution in [2.75, 3.05) is 18.0 Å². The molecule has 0 bridgehead atoms. The molecule has 0 aliphatic heterocycles. The predicted octanol–water partition coefficient (Wildman–Crippen LogP) is 3.93. The average molecular weight is 290 g/mol. The smallest absolute Gasteiger partial charge is 0.186 e. The van der Waals surface area contributed by atoms with Gasteiger partial charge in [0.15, 0.2) is 5.13 Å². The van der Waals surface area contributed by atoms with E-state index in [2.05, 4.69) is 18.7 Å². The Hall–Kier alpha value is -1.39. The Morgan fingerprint density at radius 2 is 1.95 bits per heavy atom. The summed E-state index contributed by atoms with van der Waals surface area (Å²) < 4.78 is 0. The molecule has 3 nitrogen and oxygen atoms in total. The lowest BCUT2D eigenvalue weighted by molar-refractivity contribution is 0.286. The van der Waals surface area contributed by atoms with Gasteiger partial charge in [0.1, 0.15) is 0 Å². The van der Waals surface area contributed by atoms with Gasteiger partial charge >= 0.3 is 0 Å². The van der Waals surface area contributed by atoms with E-state index in [9.17, 15) is 5.11 Å². The molecule has 0 aliphatic rings. The summed E-state index contributed by atoms with van der Waals surface area (Å²) >= 11 is 1.60. The average Bonchev–Trinajstić information content (AvgIpc) is 2.93. The third-order valence-electron chi connectivity index (χ3n) is 3.31. The monoisotopic (exact) mass is 290 g/mol. The van der Waals surface area contributed by atoms with Gasteiger partial charge in [-0.05, 0) is 13.3 Å². The van der Waals surface area contributed by atoms with Gasteiger partial charge < -0.3 is 10.0 Å². The molecule has 0 aliphatic carbocycles. The fourth-order valence-corrected chi connectivity index (χ4v) is 3.17. The molecule has 20 heavy (non-hydrogen) atoms. The van der Waals surface area contributed by atoms with E-state index in [4.69, 9.17) is 4.98 Å². The minimum absolute atomic E-state index is 0.0488. The van der Waals surface area contributed by atoms with Crippen LogP contribution in [0.2, 0.25) is 0 Å². The van der Waals surface area contributed by atoms with Gasteiger partial charge in [-0.3, -0.25) is 0 Å². The molecule has 1 aromatic heterocycles. The standard InChI is InChI=1S/C16H22N2OS/c1-3-5-11-18(4-2)16-17-15(14(12-19)20-16)13-9-7-6-8-10-13/h6-10,19H,3-5,11-12H2,1-2H3. The maximum Gasteiger partial charge on any atom is 0.186 e. The highest BCUT2D eigenvalue weighted by Crippen LogP contribution is 2.33. The zero-order chi connectivity index (χ0) is 14.4. The fraction of sp³-hybridized carbons (Fsp3) is 0.438. The van der Waals surface area contributed by atoms with Crippen molar-refractivity contribution in [3.05, 3.63) is 35.2 Å². The molecule has 0 spiro atoms. The quantitative estimate of drug-likeness (QED) is 0.839. The van der Waals surface area contributed by atoms with Gasteiger partial charge in [0.2, 0.25) is 0 Å². The molecule has 0 atom stereocenters. The van der Waals surface area contributed by atoms with Crippen LogP contribution in [0.3, 0.4) is 0 Å². The molecule has 0 amide bonds. The van der Waals surface area contributed by atoms with Gasteiger partial charge in [0, 0.05) is 18.7 Å². The van der Waals surface area contributed by atoms with Crippen LogP contribution in [-0.4, -0.2) is 23.2 Å². The number of unbranched alkanes of at least 4 members (excludes halogenated alkanes) is 1. The number of hydrogen-bond acceptors (Lipinski definition) is 4. The van der Waals surface area contributed by atoms with E-state index < -0.39 is 0 Å². The first-order chi connectivity index (χ1) is 9.80. The molecule has 0 saturated heterocycles. The van der Waals surface area contributed by atoms with Crippen LogP contribution in [0.25, 0.3) is 11.3 Å². The molecule has 1 heterocycles. The van der Waals surface area contributed by atoms with Crippen molar-refractivity contribution < 1.29 is 5.11 Å². The number of nitrogens with zero attached hydrogens (tertiary/aromatic N) is 2. The van der Waals surface area contributed by atoms with Crippen molar-refractivity contribution in [3.63, 3.8) is 0 Å².